The van der Waals surface area contributed by atoms with Crippen molar-refractivity contribution in [3.63, 3.8) is 0 Å². The van der Waals surface area contributed by atoms with E-state index in [0.29, 0.717) is 5.69 Å². The molecule has 0 saturated carbocycles. The zero-order valence-electron chi connectivity index (χ0n) is 12.9. The van der Waals surface area contributed by atoms with Crippen LogP contribution in [0.25, 0.3) is 0 Å². The largest absolute Gasteiger partial charge is 0.444 e. The number of rotatable bonds is 4. The second kappa shape index (κ2) is 6.46. The van der Waals surface area contributed by atoms with E-state index >= 15 is 0 Å². The molecule has 1 aromatic carbocycles. The molecule has 1 atom stereocenters. The van der Waals surface area contributed by atoms with Crippen LogP contribution in [-0.4, -0.2) is 11.7 Å². The fourth-order valence-corrected chi connectivity index (χ4v) is 1.73. The standard InChI is InChI=1S/C16H24N2O2/c1-11(2)17-12(3)13-7-9-14(10-8-13)18-15(19)20-16(4,5)6/h7-10,12,17H,1H2,2-6H3,(H,18,19). The highest BCUT2D eigenvalue weighted by Crippen LogP contribution is 2.17. The highest BCUT2D eigenvalue weighted by Gasteiger charge is 2.16. The van der Waals surface area contributed by atoms with Gasteiger partial charge in [-0.05, 0) is 52.3 Å². The summed E-state index contributed by atoms with van der Waals surface area (Å²) in [6.07, 6.45) is -0.446. The van der Waals surface area contributed by atoms with Crippen molar-refractivity contribution >= 4 is 11.8 Å². The molecule has 110 valence electrons. The maximum absolute atomic E-state index is 11.6. The smallest absolute Gasteiger partial charge is 0.412 e. The fourth-order valence-electron chi connectivity index (χ4n) is 1.73. The fraction of sp³-hybridized carbons (Fsp3) is 0.438. The molecule has 2 N–H and O–H groups in total. The molecule has 0 heterocycles. The van der Waals surface area contributed by atoms with Gasteiger partial charge in [-0.15, -0.1) is 0 Å². The SMILES string of the molecule is C=C(C)NC(C)c1ccc(NC(=O)OC(C)(C)C)cc1. The van der Waals surface area contributed by atoms with Crippen LogP contribution in [0.2, 0.25) is 0 Å². The molecule has 1 aromatic rings. The summed E-state index contributed by atoms with van der Waals surface area (Å²) >= 11 is 0. The molecule has 0 aliphatic heterocycles. The Hall–Kier alpha value is -1.97. The third kappa shape index (κ3) is 5.78. The first kappa shape index (κ1) is 16.1. The van der Waals surface area contributed by atoms with E-state index in [9.17, 15) is 4.79 Å². The average molecular weight is 276 g/mol. The van der Waals surface area contributed by atoms with Crippen LogP contribution in [0.3, 0.4) is 0 Å². The van der Waals surface area contributed by atoms with Crippen molar-refractivity contribution in [2.45, 2.75) is 46.3 Å². The lowest BCUT2D eigenvalue weighted by atomic mass is 10.1. The molecule has 0 aliphatic carbocycles. The lowest BCUT2D eigenvalue weighted by molar-refractivity contribution is 0.0636. The lowest BCUT2D eigenvalue weighted by Crippen LogP contribution is -2.27. The number of anilines is 1. The van der Waals surface area contributed by atoms with Crippen LogP contribution < -0.4 is 10.6 Å². The summed E-state index contributed by atoms with van der Waals surface area (Å²) in [5.41, 5.74) is 2.27. The van der Waals surface area contributed by atoms with E-state index in [2.05, 4.69) is 24.1 Å². The van der Waals surface area contributed by atoms with Crippen LogP contribution in [0.1, 0.15) is 46.2 Å². The van der Waals surface area contributed by atoms with Gasteiger partial charge in [0.25, 0.3) is 0 Å². The van der Waals surface area contributed by atoms with E-state index in [4.69, 9.17) is 4.74 Å². The molecule has 0 saturated heterocycles. The topological polar surface area (TPSA) is 50.4 Å². The molecule has 0 radical (unpaired) electrons. The zero-order valence-corrected chi connectivity index (χ0v) is 12.9. The quantitative estimate of drug-likeness (QED) is 0.865. The lowest BCUT2D eigenvalue weighted by Gasteiger charge is -2.20. The maximum atomic E-state index is 11.6. The minimum absolute atomic E-state index is 0.183. The molecule has 0 aromatic heterocycles. The number of ether oxygens (including phenoxy) is 1. The number of carbonyl (C=O) groups is 1. The van der Waals surface area contributed by atoms with Crippen LogP contribution in [0.5, 0.6) is 0 Å². The Balaban J connectivity index is 2.63. The van der Waals surface area contributed by atoms with E-state index in [-0.39, 0.29) is 6.04 Å². The number of allylic oxidation sites excluding steroid dienone is 1. The first-order valence-corrected chi connectivity index (χ1v) is 6.69. The number of hydrogen-bond donors (Lipinski definition) is 2. The molecule has 4 nitrogen and oxygen atoms in total. The summed E-state index contributed by atoms with van der Waals surface area (Å²) < 4.78 is 5.20. The minimum Gasteiger partial charge on any atom is -0.444 e. The monoisotopic (exact) mass is 276 g/mol. The molecule has 0 aliphatic rings. The van der Waals surface area contributed by atoms with Crippen LogP contribution in [0.4, 0.5) is 10.5 Å². The predicted octanol–water partition coefficient (Wildman–Crippen LogP) is 4.22. The van der Waals surface area contributed by atoms with Gasteiger partial charge in [-0.3, -0.25) is 5.32 Å². The second-order valence-electron chi connectivity index (χ2n) is 5.90. The number of nitrogens with one attached hydrogen (secondary N) is 2. The van der Waals surface area contributed by atoms with Crippen molar-refractivity contribution in [3.8, 4) is 0 Å². The van der Waals surface area contributed by atoms with E-state index in [0.717, 1.165) is 11.3 Å². The number of hydrogen-bond acceptors (Lipinski definition) is 3. The third-order valence-corrected chi connectivity index (χ3v) is 2.52. The Morgan fingerprint density at radius 2 is 1.80 bits per heavy atom. The normalized spacial score (nSPS) is 12.4. The third-order valence-electron chi connectivity index (χ3n) is 2.52. The zero-order chi connectivity index (χ0) is 15.3. The van der Waals surface area contributed by atoms with E-state index in [1.54, 1.807) is 0 Å². The van der Waals surface area contributed by atoms with Crippen molar-refractivity contribution < 1.29 is 9.53 Å². The summed E-state index contributed by atoms with van der Waals surface area (Å²) in [5.74, 6) is 0. The van der Waals surface area contributed by atoms with Gasteiger partial charge >= 0.3 is 6.09 Å². The van der Waals surface area contributed by atoms with Gasteiger partial charge in [0, 0.05) is 17.4 Å². The molecular weight excluding hydrogens is 252 g/mol. The van der Waals surface area contributed by atoms with Gasteiger partial charge < -0.3 is 10.1 Å². The van der Waals surface area contributed by atoms with Crippen LogP contribution in [0, 0.1) is 0 Å². The highest BCUT2D eigenvalue weighted by atomic mass is 16.6. The molecule has 0 fully saturated rings. The van der Waals surface area contributed by atoms with Gasteiger partial charge in [0.2, 0.25) is 0 Å². The molecule has 4 heteroatoms. The maximum Gasteiger partial charge on any atom is 0.412 e. The Morgan fingerprint density at radius 3 is 2.25 bits per heavy atom. The molecule has 20 heavy (non-hydrogen) atoms. The Labute approximate surface area is 121 Å². The molecule has 1 amide bonds. The van der Waals surface area contributed by atoms with Crippen molar-refractivity contribution in [2.75, 3.05) is 5.32 Å². The van der Waals surface area contributed by atoms with Gasteiger partial charge in [0.1, 0.15) is 5.60 Å². The average Bonchev–Trinajstić information content (AvgIpc) is 2.26. The molecule has 1 rings (SSSR count). The minimum atomic E-state index is -0.496. The van der Waals surface area contributed by atoms with E-state index in [1.165, 1.54) is 0 Å². The molecule has 0 spiro atoms. The molecule has 1 unspecified atom stereocenters. The van der Waals surface area contributed by atoms with Crippen LogP contribution in [0.15, 0.2) is 36.5 Å². The van der Waals surface area contributed by atoms with Crippen molar-refractivity contribution in [2.24, 2.45) is 0 Å². The number of carbonyl (C=O) groups excluding carboxylic acids is 1. The van der Waals surface area contributed by atoms with E-state index in [1.807, 2.05) is 52.0 Å². The molecule has 0 bridgehead atoms. The van der Waals surface area contributed by atoms with Crippen LogP contribution >= 0.6 is 0 Å². The van der Waals surface area contributed by atoms with Gasteiger partial charge in [-0.1, -0.05) is 18.7 Å². The summed E-state index contributed by atoms with van der Waals surface area (Å²) in [4.78, 5) is 11.6. The Morgan fingerprint density at radius 1 is 1.25 bits per heavy atom. The Kier molecular flexibility index (Phi) is 5.19. The summed E-state index contributed by atoms with van der Waals surface area (Å²) in [5, 5.41) is 5.95. The van der Waals surface area contributed by atoms with Gasteiger partial charge in [0.15, 0.2) is 0 Å². The van der Waals surface area contributed by atoms with Gasteiger partial charge in [0.05, 0.1) is 0 Å². The van der Waals surface area contributed by atoms with Gasteiger partial charge in [-0.25, -0.2) is 4.79 Å². The van der Waals surface area contributed by atoms with Crippen molar-refractivity contribution in [1.29, 1.82) is 0 Å². The van der Waals surface area contributed by atoms with Gasteiger partial charge in [-0.2, -0.15) is 0 Å². The first-order valence-electron chi connectivity index (χ1n) is 6.69. The van der Waals surface area contributed by atoms with Crippen LogP contribution in [-0.2, 0) is 4.74 Å². The summed E-state index contributed by atoms with van der Waals surface area (Å²) in [7, 11) is 0. The summed E-state index contributed by atoms with van der Waals surface area (Å²) in [6.45, 7) is 13.3. The Bertz CT molecular complexity index is 472. The van der Waals surface area contributed by atoms with Crippen molar-refractivity contribution in [3.05, 3.63) is 42.1 Å². The molecular formula is C16H24N2O2. The summed E-state index contributed by atoms with van der Waals surface area (Å²) in [6, 6.07) is 7.83. The van der Waals surface area contributed by atoms with E-state index < -0.39 is 11.7 Å². The predicted molar refractivity (Wildman–Crippen MR) is 82.7 cm³/mol. The number of benzene rings is 1. The first-order chi connectivity index (χ1) is 9.17. The highest BCUT2D eigenvalue weighted by molar-refractivity contribution is 5.84. The second-order valence-corrected chi connectivity index (χ2v) is 5.90. The number of amides is 1. The van der Waals surface area contributed by atoms with Crippen molar-refractivity contribution in [1.82, 2.24) is 5.32 Å².